The van der Waals surface area contributed by atoms with Crippen LogP contribution in [0.25, 0.3) is 17.0 Å². The third kappa shape index (κ3) is 3.03. The molecule has 0 atom stereocenters. The zero-order valence-electron chi connectivity index (χ0n) is 12.9. The predicted molar refractivity (Wildman–Crippen MR) is 96.7 cm³/mol. The first kappa shape index (κ1) is 15.9. The van der Waals surface area contributed by atoms with Crippen LogP contribution in [0, 0.1) is 18.3 Å². The van der Waals surface area contributed by atoms with Crippen LogP contribution < -0.4 is 5.32 Å². The van der Waals surface area contributed by atoms with Gasteiger partial charge in [-0.05, 0) is 31.2 Å². The molecular weight excluding hydrogens is 322 g/mol. The molecule has 1 aromatic heterocycles. The van der Waals surface area contributed by atoms with Gasteiger partial charge in [0.25, 0.3) is 5.91 Å². The van der Waals surface area contributed by atoms with Crippen molar-refractivity contribution in [2.24, 2.45) is 0 Å². The van der Waals surface area contributed by atoms with Gasteiger partial charge in [0.05, 0.1) is 10.7 Å². The molecular formula is C19H14ClN3O. The fourth-order valence-electron chi connectivity index (χ4n) is 2.53. The van der Waals surface area contributed by atoms with E-state index in [4.69, 9.17) is 11.6 Å². The monoisotopic (exact) mass is 335 g/mol. The molecule has 2 aromatic carbocycles. The zero-order chi connectivity index (χ0) is 17.1. The van der Waals surface area contributed by atoms with E-state index in [1.54, 1.807) is 30.3 Å². The molecule has 0 spiro atoms. The average Bonchev–Trinajstić information content (AvgIpc) is 2.90. The number of carbonyl (C=O) groups excluding carboxylic acids is 1. The van der Waals surface area contributed by atoms with Gasteiger partial charge in [0.15, 0.2) is 0 Å². The summed E-state index contributed by atoms with van der Waals surface area (Å²) >= 11 is 6.04. The number of aryl methyl sites for hydroxylation is 1. The molecule has 5 heteroatoms. The summed E-state index contributed by atoms with van der Waals surface area (Å²) in [7, 11) is 0. The van der Waals surface area contributed by atoms with Crippen LogP contribution in [-0.4, -0.2) is 10.9 Å². The van der Waals surface area contributed by atoms with Crippen molar-refractivity contribution in [2.45, 2.75) is 6.92 Å². The maximum atomic E-state index is 12.4. The second kappa shape index (κ2) is 6.61. The Bertz CT molecular complexity index is 995. The van der Waals surface area contributed by atoms with Crippen LogP contribution in [0.15, 0.2) is 54.1 Å². The van der Waals surface area contributed by atoms with Gasteiger partial charge in [0.1, 0.15) is 11.6 Å². The van der Waals surface area contributed by atoms with Gasteiger partial charge in [-0.1, -0.05) is 41.9 Å². The fraction of sp³-hybridized carbons (Fsp3) is 0.0526. The number of benzene rings is 2. The number of H-pyrrole nitrogens is 1. The van der Waals surface area contributed by atoms with Crippen LogP contribution in [0.4, 0.5) is 5.69 Å². The largest absolute Gasteiger partial charge is 0.358 e. The topological polar surface area (TPSA) is 68.7 Å². The van der Waals surface area contributed by atoms with Crippen molar-refractivity contribution < 1.29 is 4.79 Å². The quantitative estimate of drug-likeness (QED) is 0.539. The number of halogens is 1. The second-order valence-electron chi connectivity index (χ2n) is 5.31. The minimum atomic E-state index is -0.490. The number of nitriles is 1. The van der Waals surface area contributed by atoms with Crippen LogP contribution in [-0.2, 0) is 4.79 Å². The van der Waals surface area contributed by atoms with Crippen molar-refractivity contribution in [1.82, 2.24) is 4.98 Å². The van der Waals surface area contributed by atoms with Crippen LogP contribution in [0.3, 0.4) is 0 Å². The Hall–Kier alpha value is -3.03. The summed E-state index contributed by atoms with van der Waals surface area (Å²) in [5.41, 5.74) is 3.18. The highest BCUT2D eigenvalue weighted by Gasteiger charge is 2.13. The van der Waals surface area contributed by atoms with E-state index in [2.05, 4.69) is 10.3 Å². The lowest BCUT2D eigenvalue weighted by Gasteiger charge is -2.06. The first-order valence-corrected chi connectivity index (χ1v) is 7.73. The number of hydrogen-bond donors (Lipinski definition) is 2. The minimum Gasteiger partial charge on any atom is -0.358 e. The number of rotatable bonds is 3. The number of nitrogens with zero attached hydrogens (tertiary/aromatic N) is 1. The first-order valence-electron chi connectivity index (χ1n) is 7.35. The highest BCUT2D eigenvalue weighted by Crippen LogP contribution is 2.25. The van der Waals surface area contributed by atoms with Crippen LogP contribution in [0.2, 0.25) is 5.02 Å². The molecule has 0 saturated heterocycles. The summed E-state index contributed by atoms with van der Waals surface area (Å²) in [6.07, 6.45) is 1.60. The van der Waals surface area contributed by atoms with Gasteiger partial charge in [-0.25, -0.2) is 0 Å². The summed E-state index contributed by atoms with van der Waals surface area (Å²) in [5, 5.41) is 13.4. The van der Waals surface area contributed by atoms with Crippen molar-refractivity contribution in [2.75, 3.05) is 5.32 Å². The molecule has 0 saturated carbocycles. The maximum absolute atomic E-state index is 12.4. The number of amides is 1. The lowest BCUT2D eigenvalue weighted by Crippen LogP contribution is -2.13. The minimum absolute atomic E-state index is 0.0165. The smallest absolute Gasteiger partial charge is 0.266 e. The van der Waals surface area contributed by atoms with E-state index in [-0.39, 0.29) is 5.57 Å². The molecule has 1 amide bonds. The molecule has 0 radical (unpaired) electrons. The number of carbonyl (C=O) groups is 1. The SMILES string of the molecule is Cc1[nH]c2ccccc2c1/C=C(/C#N)C(=O)Nc1ccccc1Cl. The van der Waals surface area contributed by atoms with E-state index in [0.29, 0.717) is 10.7 Å². The Morgan fingerprint density at radius 2 is 1.92 bits per heavy atom. The molecule has 4 nitrogen and oxygen atoms in total. The Balaban J connectivity index is 1.97. The van der Waals surface area contributed by atoms with Gasteiger partial charge >= 0.3 is 0 Å². The molecule has 0 unspecified atom stereocenters. The predicted octanol–water partition coefficient (Wildman–Crippen LogP) is 4.68. The van der Waals surface area contributed by atoms with Gasteiger partial charge in [-0.15, -0.1) is 0 Å². The number of aromatic nitrogens is 1. The number of aromatic amines is 1. The number of para-hydroxylation sites is 2. The maximum Gasteiger partial charge on any atom is 0.266 e. The van der Waals surface area contributed by atoms with Crippen molar-refractivity contribution >= 4 is 40.2 Å². The third-order valence-corrected chi connectivity index (χ3v) is 4.05. The van der Waals surface area contributed by atoms with Crippen LogP contribution >= 0.6 is 11.6 Å². The van der Waals surface area contributed by atoms with Crippen LogP contribution in [0.1, 0.15) is 11.3 Å². The zero-order valence-corrected chi connectivity index (χ0v) is 13.7. The Morgan fingerprint density at radius 3 is 2.67 bits per heavy atom. The van der Waals surface area contributed by atoms with Crippen molar-refractivity contribution in [3.63, 3.8) is 0 Å². The average molecular weight is 336 g/mol. The van der Waals surface area contributed by atoms with E-state index in [0.717, 1.165) is 22.2 Å². The van der Waals surface area contributed by atoms with Crippen LogP contribution in [0.5, 0.6) is 0 Å². The first-order chi connectivity index (χ1) is 11.6. The van der Waals surface area contributed by atoms with Crippen molar-refractivity contribution in [3.8, 4) is 6.07 Å². The number of hydrogen-bond acceptors (Lipinski definition) is 2. The second-order valence-corrected chi connectivity index (χ2v) is 5.72. The highest BCUT2D eigenvalue weighted by atomic mass is 35.5. The molecule has 3 rings (SSSR count). The summed E-state index contributed by atoms with van der Waals surface area (Å²) in [5.74, 6) is -0.490. The van der Waals surface area contributed by atoms with E-state index >= 15 is 0 Å². The van der Waals surface area contributed by atoms with E-state index in [1.807, 2.05) is 37.3 Å². The molecule has 1 heterocycles. The summed E-state index contributed by atoms with van der Waals surface area (Å²) in [4.78, 5) is 15.6. The molecule has 0 aliphatic rings. The van der Waals surface area contributed by atoms with Gasteiger partial charge in [0.2, 0.25) is 0 Å². The lowest BCUT2D eigenvalue weighted by atomic mass is 10.1. The Kier molecular flexibility index (Phi) is 4.37. The van der Waals surface area contributed by atoms with Crippen molar-refractivity contribution in [3.05, 3.63) is 70.4 Å². The number of anilines is 1. The molecule has 2 N–H and O–H groups in total. The third-order valence-electron chi connectivity index (χ3n) is 3.72. The summed E-state index contributed by atoms with van der Waals surface area (Å²) < 4.78 is 0. The summed E-state index contributed by atoms with van der Waals surface area (Å²) in [6, 6.07) is 16.6. The molecule has 24 heavy (non-hydrogen) atoms. The molecule has 0 fully saturated rings. The fourth-order valence-corrected chi connectivity index (χ4v) is 2.71. The van der Waals surface area contributed by atoms with E-state index in [9.17, 15) is 10.1 Å². The number of fused-ring (bicyclic) bond motifs is 1. The number of nitrogens with one attached hydrogen (secondary N) is 2. The normalized spacial score (nSPS) is 11.3. The lowest BCUT2D eigenvalue weighted by molar-refractivity contribution is -0.112. The van der Waals surface area contributed by atoms with Crippen molar-refractivity contribution in [1.29, 1.82) is 5.26 Å². The van der Waals surface area contributed by atoms with Gasteiger partial charge in [-0.2, -0.15) is 5.26 Å². The molecule has 118 valence electrons. The van der Waals surface area contributed by atoms with E-state index in [1.165, 1.54) is 0 Å². The molecule has 0 aliphatic heterocycles. The molecule has 0 aliphatic carbocycles. The van der Waals surface area contributed by atoms with Gasteiger partial charge in [-0.3, -0.25) is 4.79 Å². The standard InChI is InChI=1S/C19H14ClN3O/c1-12-15(14-6-2-4-8-17(14)22-12)10-13(11-21)19(24)23-18-9-5-3-7-16(18)20/h2-10,22H,1H3,(H,23,24)/b13-10-. The highest BCUT2D eigenvalue weighted by molar-refractivity contribution is 6.34. The molecule has 0 bridgehead atoms. The Labute approximate surface area is 144 Å². The Morgan fingerprint density at radius 1 is 1.21 bits per heavy atom. The van der Waals surface area contributed by atoms with E-state index < -0.39 is 5.91 Å². The molecule has 3 aromatic rings. The van der Waals surface area contributed by atoms with Gasteiger partial charge < -0.3 is 10.3 Å². The van der Waals surface area contributed by atoms with Gasteiger partial charge in [0, 0.05) is 22.2 Å². The summed E-state index contributed by atoms with van der Waals surface area (Å²) in [6.45, 7) is 1.91.